The molecule has 2 atom stereocenters. The predicted octanol–water partition coefficient (Wildman–Crippen LogP) is 1.01. The molecule has 7 nitrogen and oxygen atoms in total. The third kappa shape index (κ3) is 3.24. The maximum absolute atomic E-state index is 12.1. The molecule has 7 heteroatoms. The van der Waals surface area contributed by atoms with Crippen molar-refractivity contribution >= 4 is 17.7 Å². The van der Waals surface area contributed by atoms with Gasteiger partial charge in [0.2, 0.25) is 0 Å². The number of aromatic carboxylic acids is 1. The van der Waals surface area contributed by atoms with Crippen LogP contribution in [-0.2, 0) is 0 Å². The SMILES string of the molecule is CC1CN(C(=O)Nc2cncc(C(=O)O)c2)CCC1O. The van der Waals surface area contributed by atoms with E-state index in [2.05, 4.69) is 10.3 Å². The van der Waals surface area contributed by atoms with E-state index < -0.39 is 5.97 Å². The normalized spacial score (nSPS) is 22.4. The maximum Gasteiger partial charge on any atom is 0.337 e. The number of amides is 2. The van der Waals surface area contributed by atoms with Crippen molar-refractivity contribution in [3.63, 3.8) is 0 Å². The Kier molecular flexibility index (Phi) is 4.19. The Morgan fingerprint density at radius 2 is 2.20 bits per heavy atom. The number of hydrogen-bond acceptors (Lipinski definition) is 4. The molecule has 1 fully saturated rings. The molecular formula is C13H17N3O4. The van der Waals surface area contributed by atoms with Crippen LogP contribution in [0.1, 0.15) is 23.7 Å². The number of carbonyl (C=O) groups excluding carboxylic acids is 1. The molecule has 2 amide bonds. The van der Waals surface area contributed by atoms with E-state index in [-0.39, 0.29) is 23.6 Å². The molecule has 0 saturated carbocycles. The molecule has 0 bridgehead atoms. The average molecular weight is 279 g/mol. The lowest BCUT2D eigenvalue weighted by Gasteiger charge is -2.34. The summed E-state index contributed by atoms with van der Waals surface area (Å²) in [6.45, 7) is 2.83. The number of hydrogen-bond donors (Lipinski definition) is 3. The molecule has 1 aliphatic heterocycles. The highest BCUT2D eigenvalue weighted by molar-refractivity contribution is 5.92. The largest absolute Gasteiger partial charge is 0.478 e. The number of carboxylic acid groups (broad SMARTS) is 1. The van der Waals surface area contributed by atoms with Crippen molar-refractivity contribution in [2.24, 2.45) is 5.92 Å². The van der Waals surface area contributed by atoms with Crippen molar-refractivity contribution in [1.29, 1.82) is 0 Å². The molecule has 20 heavy (non-hydrogen) atoms. The number of aliphatic hydroxyl groups excluding tert-OH is 1. The van der Waals surface area contributed by atoms with Gasteiger partial charge in [-0.15, -0.1) is 0 Å². The first-order valence-corrected chi connectivity index (χ1v) is 6.39. The van der Waals surface area contributed by atoms with E-state index in [4.69, 9.17) is 5.11 Å². The van der Waals surface area contributed by atoms with E-state index in [9.17, 15) is 14.7 Å². The van der Waals surface area contributed by atoms with E-state index in [1.54, 1.807) is 4.90 Å². The lowest BCUT2D eigenvalue weighted by atomic mass is 9.97. The first kappa shape index (κ1) is 14.3. The molecular weight excluding hydrogens is 262 g/mol. The summed E-state index contributed by atoms with van der Waals surface area (Å²) in [6, 6.07) is 1.04. The van der Waals surface area contributed by atoms with Crippen LogP contribution < -0.4 is 5.32 Å². The number of carbonyl (C=O) groups is 2. The van der Waals surface area contributed by atoms with Gasteiger partial charge in [-0.3, -0.25) is 4.98 Å². The molecule has 0 spiro atoms. The summed E-state index contributed by atoms with van der Waals surface area (Å²) in [4.78, 5) is 28.3. The number of nitrogens with one attached hydrogen (secondary N) is 1. The summed E-state index contributed by atoms with van der Waals surface area (Å²) in [5.74, 6) is -1.07. The van der Waals surface area contributed by atoms with Crippen LogP contribution in [0.3, 0.4) is 0 Å². The smallest absolute Gasteiger partial charge is 0.337 e. The highest BCUT2D eigenvalue weighted by Crippen LogP contribution is 2.18. The monoisotopic (exact) mass is 279 g/mol. The standard InChI is InChI=1S/C13H17N3O4/c1-8-7-16(3-2-11(8)17)13(20)15-10-4-9(12(18)19)5-14-6-10/h4-6,8,11,17H,2-3,7H2,1H3,(H,15,20)(H,18,19). The number of aliphatic hydroxyl groups is 1. The molecule has 1 aromatic heterocycles. The fraction of sp³-hybridized carbons (Fsp3) is 0.462. The van der Waals surface area contributed by atoms with Crippen LogP contribution in [0.25, 0.3) is 0 Å². The zero-order chi connectivity index (χ0) is 14.7. The minimum absolute atomic E-state index is 0.0187. The van der Waals surface area contributed by atoms with Gasteiger partial charge < -0.3 is 20.4 Å². The van der Waals surface area contributed by atoms with E-state index in [0.717, 1.165) is 0 Å². The van der Waals surface area contributed by atoms with E-state index >= 15 is 0 Å². The lowest BCUT2D eigenvalue weighted by molar-refractivity contribution is 0.0505. The number of pyridine rings is 1. The second kappa shape index (κ2) is 5.87. The van der Waals surface area contributed by atoms with Gasteiger partial charge in [0.05, 0.1) is 23.6 Å². The van der Waals surface area contributed by atoms with Crippen LogP contribution in [0.5, 0.6) is 0 Å². The Morgan fingerprint density at radius 1 is 1.45 bits per heavy atom. The van der Waals surface area contributed by atoms with Crippen LogP contribution in [0.4, 0.5) is 10.5 Å². The van der Waals surface area contributed by atoms with Gasteiger partial charge >= 0.3 is 12.0 Å². The van der Waals surface area contributed by atoms with E-state index in [0.29, 0.717) is 25.2 Å². The van der Waals surface area contributed by atoms with Crippen LogP contribution in [0, 0.1) is 5.92 Å². The number of anilines is 1. The van der Waals surface area contributed by atoms with Crippen LogP contribution in [-0.4, -0.2) is 51.3 Å². The van der Waals surface area contributed by atoms with Crippen molar-refractivity contribution in [3.8, 4) is 0 Å². The van der Waals surface area contributed by atoms with Gasteiger partial charge in [-0.05, 0) is 18.4 Å². The summed E-state index contributed by atoms with van der Waals surface area (Å²) >= 11 is 0. The number of aromatic nitrogens is 1. The Hall–Kier alpha value is -2.15. The second-order valence-corrected chi connectivity index (χ2v) is 4.98. The topological polar surface area (TPSA) is 103 Å². The number of piperidine rings is 1. The number of likely N-dealkylation sites (tertiary alicyclic amines) is 1. The van der Waals surface area contributed by atoms with Crippen LogP contribution in [0.2, 0.25) is 0 Å². The molecule has 2 rings (SSSR count). The minimum atomic E-state index is -1.09. The molecule has 1 aromatic rings. The summed E-state index contributed by atoms with van der Waals surface area (Å²) in [5.41, 5.74) is 0.360. The summed E-state index contributed by atoms with van der Waals surface area (Å²) in [6.07, 6.45) is 2.78. The lowest BCUT2D eigenvalue weighted by Crippen LogP contribution is -2.46. The molecule has 0 aromatic carbocycles. The molecule has 108 valence electrons. The number of rotatable bonds is 2. The molecule has 0 radical (unpaired) electrons. The van der Waals surface area contributed by atoms with Crippen molar-refractivity contribution < 1.29 is 19.8 Å². The Labute approximate surface area is 116 Å². The quantitative estimate of drug-likeness (QED) is 0.750. The predicted molar refractivity (Wildman–Crippen MR) is 71.6 cm³/mol. The first-order valence-electron chi connectivity index (χ1n) is 6.39. The van der Waals surface area contributed by atoms with Crippen molar-refractivity contribution in [2.75, 3.05) is 18.4 Å². The number of carboxylic acids is 1. The fourth-order valence-electron chi connectivity index (χ4n) is 2.15. The van der Waals surface area contributed by atoms with E-state index in [1.165, 1.54) is 18.5 Å². The molecule has 2 unspecified atom stereocenters. The van der Waals surface area contributed by atoms with Crippen LogP contribution >= 0.6 is 0 Å². The van der Waals surface area contributed by atoms with Gasteiger partial charge in [0.1, 0.15) is 0 Å². The highest BCUT2D eigenvalue weighted by atomic mass is 16.4. The molecule has 3 N–H and O–H groups in total. The van der Waals surface area contributed by atoms with Crippen molar-refractivity contribution in [1.82, 2.24) is 9.88 Å². The van der Waals surface area contributed by atoms with Crippen molar-refractivity contribution in [2.45, 2.75) is 19.4 Å². The Balaban J connectivity index is 2.01. The average Bonchev–Trinajstić information content (AvgIpc) is 2.42. The number of nitrogens with zero attached hydrogens (tertiary/aromatic N) is 2. The number of urea groups is 1. The molecule has 1 saturated heterocycles. The zero-order valence-corrected chi connectivity index (χ0v) is 11.1. The van der Waals surface area contributed by atoms with Gasteiger partial charge in [0.15, 0.2) is 0 Å². The third-order valence-corrected chi connectivity index (χ3v) is 3.38. The molecule has 2 heterocycles. The summed E-state index contributed by atoms with van der Waals surface area (Å²) in [5, 5.41) is 21.1. The first-order chi connectivity index (χ1) is 9.47. The summed E-state index contributed by atoms with van der Waals surface area (Å²) in [7, 11) is 0. The van der Waals surface area contributed by atoms with Gasteiger partial charge in [0, 0.05) is 19.3 Å². The molecule has 0 aliphatic carbocycles. The molecule has 1 aliphatic rings. The third-order valence-electron chi connectivity index (χ3n) is 3.38. The maximum atomic E-state index is 12.1. The zero-order valence-electron chi connectivity index (χ0n) is 11.1. The van der Waals surface area contributed by atoms with Gasteiger partial charge in [-0.1, -0.05) is 6.92 Å². The van der Waals surface area contributed by atoms with Gasteiger partial charge in [0.25, 0.3) is 0 Å². The summed E-state index contributed by atoms with van der Waals surface area (Å²) < 4.78 is 0. The Morgan fingerprint density at radius 3 is 2.85 bits per heavy atom. The minimum Gasteiger partial charge on any atom is -0.478 e. The second-order valence-electron chi connectivity index (χ2n) is 4.98. The van der Waals surface area contributed by atoms with Gasteiger partial charge in [-0.2, -0.15) is 0 Å². The van der Waals surface area contributed by atoms with Gasteiger partial charge in [-0.25, -0.2) is 9.59 Å². The Bertz CT molecular complexity index is 520. The van der Waals surface area contributed by atoms with Crippen molar-refractivity contribution in [3.05, 3.63) is 24.0 Å². The highest BCUT2D eigenvalue weighted by Gasteiger charge is 2.27. The van der Waals surface area contributed by atoms with Crippen LogP contribution in [0.15, 0.2) is 18.5 Å². The fourth-order valence-corrected chi connectivity index (χ4v) is 2.15. The van der Waals surface area contributed by atoms with E-state index in [1.807, 2.05) is 6.92 Å².